The van der Waals surface area contributed by atoms with Gasteiger partial charge in [0.05, 0.1) is 5.56 Å². The van der Waals surface area contributed by atoms with Gasteiger partial charge in [0.2, 0.25) is 0 Å². The number of hydrogen-bond acceptors (Lipinski definition) is 1. The van der Waals surface area contributed by atoms with Crippen LogP contribution in [0.3, 0.4) is 0 Å². The summed E-state index contributed by atoms with van der Waals surface area (Å²) in [5.41, 5.74) is -0.363. The zero-order chi connectivity index (χ0) is 15.7. The lowest BCUT2D eigenvalue weighted by Crippen LogP contribution is -2.35. The summed E-state index contributed by atoms with van der Waals surface area (Å²) in [6.45, 7) is 4.81. The van der Waals surface area contributed by atoms with Gasteiger partial charge in [-0.1, -0.05) is 19.9 Å². The Hall–Kier alpha value is -1.10. The Bertz CT molecular complexity index is 484. The first-order chi connectivity index (χ1) is 9.67. The van der Waals surface area contributed by atoms with Crippen LogP contribution in [0.1, 0.15) is 50.7 Å². The highest BCUT2D eigenvalue weighted by atomic mass is 19.4. The third-order valence-electron chi connectivity index (χ3n) is 4.27. The highest BCUT2D eigenvalue weighted by Crippen LogP contribution is 2.35. The largest absolute Gasteiger partial charge is 0.419 e. The maximum absolute atomic E-state index is 13.2. The highest BCUT2D eigenvalue weighted by Gasteiger charge is 2.34. The van der Waals surface area contributed by atoms with Crippen LogP contribution in [0.25, 0.3) is 0 Å². The molecule has 1 aliphatic carbocycles. The standard InChI is InChI=1S/C16H21F4N/c1-15(2)7-5-12(6-8-15)21-10-11-3-4-14(17)13(9-11)16(18,19)20/h3-4,9,12,21H,5-8,10H2,1-2H3. The van der Waals surface area contributed by atoms with Gasteiger partial charge in [0.1, 0.15) is 5.82 Å². The molecule has 0 aliphatic heterocycles. The Morgan fingerprint density at radius 2 is 1.81 bits per heavy atom. The molecule has 0 aromatic heterocycles. The van der Waals surface area contributed by atoms with Crippen molar-refractivity contribution < 1.29 is 17.6 Å². The highest BCUT2D eigenvalue weighted by molar-refractivity contribution is 5.27. The van der Waals surface area contributed by atoms with Crippen LogP contribution in [0.5, 0.6) is 0 Å². The maximum atomic E-state index is 13.2. The molecule has 0 unspecified atom stereocenters. The number of halogens is 4. The predicted octanol–water partition coefficient (Wildman–Crippen LogP) is 4.90. The molecule has 0 spiro atoms. The van der Waals surface area contributed by atoms with Crippen molar-refractivity contribution in [3.8, 4) is 0 Å². The third-order valence-corrected chi connectivity index (χ3v) is 4.27. The zero-order valence-electron chi connectivity index (χ0n) is 12.4. The Labute approximate surface area is 122 Å². The van der Waals surface area contributed by atoms with Crippen LogP contribution < -0.4 is 5.32 Å². The molecule has 1 fully saturated rings. The number of hydrogen-bond donors (Lipinski definition) is 1. The lowest BCUT2D eigenvalue weighted by atomic mass is 9.75. The molecule has 1 N–H and O–H groups in total. The molecule has 1 saturated carbocycles. The van der Waals surface area contributed by atoms with E-state index in [9.17, 15) is 17.6 Å². The van der Waals surface area contributed by atoms with Crippen molar-refractivity contribution in [2.45, 2.75) is 58.3 Å². The van der Waals surface area contributed by atoms with Gasteiger partial charge >= 0.3 is 6.18 Å². The van der Waals surface area contributed by atoms with Crippen molar-refractivity contribution in [3.63, 3.8) is 0 Å². The molecule has 0 saturated heterocycles. The predicted molar refractivity (Wildman–Crippen MR) is 74.3 cm³/mol. The van der Waals surface area contributed by atoms with E-state index in [0.717, 1.165) is 37.8 Å². The van der Waals surface area contributed by atoms with E-state index in [1.54, 1.807) is 0 Å². The van der Waals surface area contributed by atoms with Gasteiger partial charge in [0.15, 0.2) is 0 Å². The molecule has 0 atom stereocenters. The van der Waals surface area contributed by atoms with Crippen molar-refractivity contribution in [3.05, 3.63) is 35.1 Å². The van der Waals surface area contributed by atoms with E-state index in [2.05, 4.69) is 19.2 Å². The molecule has 0 heterocycles. The fourth-order valence-electron chi connectivity index (χ4n) is 2.77. The monoisotopic (exact) mass is 303 g/mol. The summed E-state index contributed by atoms with van der Waals surface area (Å²) in [5, 5.41) is 3.28. The van der Waals surface area contributed by atoms with E-state index in [4.69, 9.17) is 0 Å². The van der Waals surface area contributed by atoms with Gasteiger partial charge in [-0.05, 0) is 48.8 Å². The minimum Gasteiger partial charge on any atom is -0.310 e. The number of benzene rings is 1. The fourth-order valence-corrected chi connectivity index (χ4v) is 2.77. The second-order valence-electron chi connectivity index (χ2n) is 6.63. The summed E-state index contributed by atoms with van der Waals surface area (Å²) >= 11 is 0. The van der Waals surface area contributed by atoms with Gasteiger partial charge in [-0.2, -0.15) is 13.2 Å². The summed E-state index contributed by atoms with van der Waals surface area (Å²) < 4.78 is 51.2. The SMILES string of the molecule is CC1(C)CCC(NCc2ccc(F)c(C(F)(F)F)c2)CC1. The van der Waals surface area contributed by atoms with Crippen molar-refractivity contribution in [1.82, 2.24) is 5.32 Å². The molecule has 0 amide bonds. The van der Waals surface area contributed by atoms with Crippen LogP contribution >= 0.6 is 0 Å². The number of nitrogens with one attached hydrogen (secondary N) is 1. The zero-order valence-corrected chi connectivity index (χ0v) is 12.4. The van der Waals surface area contributed by atoms with Crippen molar-refractivity contribution in [2.24, 2.45) is 5.41 Å². The molecule has 21 heavy (non-hydrogen) atoms. The van der Waals surface area contributed by atoms with Gasteiger partial charge < -0.3 is 5.32 Å². The summed E-state index contributed by atoms with van der Waals surface area (Å²) in [7, 11) is 0. The van der Waals surface area contributed by atoms with E-state index < -0.39 is 17.6 Å². The van der Waals surface area contributed by atoms with Crippen LogP contribution in [-0.2, 0) is 12.7 Å². The summed E-state index contributed by atoms with van der Waals surface area (Å²) in [6.07, 6.45) is -0.362. The fraction of sp³-hybridized carbons (Fsp3) is 0.625. The second kappa shape index (κ2) is 5.95. The first-order valence-electron chi connectivity index (χ1n) is 7.26. The number of rotatable bonds is 3. The second-order valence-corrected chi connectivity index (χ2v) is 6.63. The quantitative estimate of drug-likeness (QED) is 0.783. The Kier molecular flexibility index (Phi) is 4.61. The van der Waals surface area contributed by atoms with E-state index in [0.29, 0.717) is 23.6 Å². The third kappa shape index (κ3) is 4.43. The van der Waals surface area contributed by atoms with Gasteiger partial charge in [-0.3, -0.25) is 0 Å². The topological polar surface area (TPSA) is 12.0 Å². The van der Waals surface area contributed by atoms with Crippen LogP contribution in [-0.4, -0.2) is 6.04 Å². The molecule has 1 aliphatic rings. The van der Waals surface area contributed by atoms with Crippen LogP contribution in [0.4, 0.5) is 17.6 Å². The van der Waals surface area contributed by atoms with Crippen molar-refractivity contribution in [2.75, 3.05) is 0 Å². The summed E-state index contributed by atoms with van der Waals surface area (Å²) in [5.74, 6) is -1.22. The van der Waals surface area contributed by atoms with Gasteiger partial charge in [0.25, 0.3) is 0 Å². The van der Waals surface area contributed by atoms with E-state index in [1.807, 2.05) is 0 Å². The molecule has 1 aromatic carbocycles. The minimum atomic E-state index is -4.64. The van der Waals surface area contributed by atoms with Crippen LogP contribution in [0.2, 0.25) is 0 Å². The number of alkyl halides is 3. The average molecular weight is 303 g/mol. The Balaban J connectivity index is 1.95. The first kappa shape index (κ1) is 16.3. The van der Waals surface area contributed by atoms with E-state index >= 15 is 0 Å². The lowest BCUT2D eigenvalue weighted by molar-refractivity contribution is -0.140. The summed E-state index contributed by atoms with van der Waals surface area (Å²) in [6, 6.07) is 3.53. The normalized spacial score (nSPS) is 19.7. The Morgan fingerprint density at radius 1 is 1.19 bits per heavy atom. The molecule has 0 radical (unpaired) electrons. The maximum Gasteiger partial charge on any atom is 0.419 e. The summed E-state index contributed by atoms with van der Waals surface area (Å²) in [4.78, 5) is 0. The average Bonchev–Trinajstić information content (AvgIpc) is 2.38. The van der Waals surface area contributed by atoms with E-state index in [-0.39, 0.29) is 0 Å². The Morgan fingerprint density at radius 3 is 2.38 bits per heavy atom. The van der Waals surface area contributed by atoms with Gasteiger partial charge in [-0.25, -0.2) is 4.39 Å². The van der Waals surface area contributed by atoms with Crippen LogP contribution in [0, 0.1) is 11.2 Å². The molecule has 0 bridgehead atoms. The van der Waals surface area contributed by atoms with Crippen LogP contribution in [0.15, 0.2) is 18.2 Å². The lowest BCUT2D eigenvalue weighted by Gasteiger charge is -2.34. The van der Waals surface area contributed by atoms with Crippen molar-refractivity contribution in [1.29, 1.82) is 0 Å². The van der Waals surface area contributed by atoms with Gasteiger partial charge in [-0.15, -0.1) is 0 Å². The first-order valence-corrected chi connectivity index (χ1v) is 7.26. The van der Waals surface area contributed by atoms with Crippen molar-refractivity contribution >= 4 is 0 Å². The smallest absolute Gasteiger partial charge is 0.310 e. The molecule has 2 rings (SSSR count). The minimum absolute atomic E-state index is 0.331. The molecule has 5 heteroatoms. The molecule has 118 valence electrons. The molecule has 1 aromatic rings. The molecule has 1 nitrogen and oxygen atoms in total. The molecular formula is C16H21F4N. The van der Waals surface area contributed by atoms with Gasteiger partial charge in [0, 0.05) is 12.6 Å². The molecular weight excluding hydrogens is 282 g/mol. The van der Waals surface area contributed by atoms with E-state index in [1.165, 1.54) is 6.07 Å².